The molecule has 6 heteroatoms. The molecule has 2 heterocycles. The first-order valence-electron chi connectivity index (χ1n) is 9.18. The standard InChI is InChI=1S/C22H21N3O3/c1-27-18-9-7-17(8-10-18)15-25-11-12-28-21-19(22(25)26)14-23-20(24-21)13-16-5-3-2-4-6-16/h2-10,14H,11-13,15H2,1H3. The molecule has 0 saturated heterocycles. The average Bonchev–Trinajstić information content (AvgIpc) is 2.88. The van der Waals surface area contributed by atoms with Gasteiger partial charge >= 0.3 is 0 Å². The highest BCUT2D eigenvalue weighted by atomic mass is 16.5. The van der Waals surface area contributed by atoms with Gasteiger partial charge in [-0.2, -0.15) is 4.98 Å². The number of ether oxygens (including phenoxy) is 2. The Hall–Kier alpha value is -3.41. The molecule has 0 aliphatic carbocycles. The normalized spacial score (nSPS) is 13.5. The number of carbonyl (C=O) groups excluding carboxylic acids is 1. The molecule has 0 spiro atoms. The van der Waals surface area contributed by atoms with Crippen molar-refractivity contribution in [2.24, 2.45) is 0 Å². The number of nitrogens with zero attached hydrogens (tertiary/aromatic N) is 3. The van der Waals surface area contributed by atoms with Crippen molar-refractivity contribution in [1.82, 2.24) is 14.9 Å². The summed E-state index contributed by atoms with van der Waals surface area (Å²) in [4.78, 5) is 23.6. The summed E-state index contributed by atoms with van der Waals surface area (Å²) in [6.45, 7) is 1.39. The van der Waals surface area contributed by atoms with Crippen LogP contribution >= 0.6 is 0 Å². The number of amides is 1. The van der Waals surface area contributed by atoms with Crippen molar-refractivity contribution in [3.63, 3.8) is 0 Å². The highest BCUT2D eigenvalue weighted by molar-refractivity contribution is 5.96. The van der Waals surface area contributed by atoms with E-state index in [4.69, 9.17) is 9.47 Å². The van der Waals surface area contributed by atoms with Crippen LogP contribution in [0, 0.1) is 0 Å². The molecule has 0 radical (unpaired) electrons. The molecule has 0 bridgehead atoms. The van der Waals surface area contributed by atoms with Gasteiger partial charge in [0.25, 0.3) is 5.91 Å². The highest BCUT2D eigenvalue weighted by Crippen LogP contribution is 2.22. The predicted octanol–water partition coefficient (Wildman–Crippen LogP) is 3.11. The maximum atomic E-state index is 13.0. The van der Waals surface area contributed by atoms with E-state index < -0.39 is 0 Å². The number of rotatable bonds is 5. The first kappa shape index (κ1) is 18.0. The molecule has 1 aliphatic rings. The third kappa shape index (κ3) is 3.96. The first-order valence-corrected chi connectivity index (χ1v) is 9.18. The van der Waals surface area contributed by atoms with Crippen LogP contribution in [0.3, 0.4) is 0 Å². The first-order chi connectivity index (χ1) is 13.7. The minimum absolute atomic E-state index is 0.116. The third-order valence-electron chi connectivity index (χ3n) is 4.66. The Bertz CT molecular complexity index is 959. The maximum absolute atomic E-state index is 13.0. The molecular formula is C22H21N3O3. The van der Waals surface area contributed by atoms with E-state index in [-0.39, 0.29) is 5.91 Å². The van der Waals surface area contributed by atoms with Crippen molar-refractivity contribution in [3.8, 4) is 11.6 Å². The second kappa shape index (κ2) is 8.08. The summed E-state index contributed by atoms with van der Waals surface area (Å²) < 4.78 is 11.0. The lowest BCUT2D eigenvalue weighted by atomic mass is 10.1. The third-order valence-corrected chi connectivity index (χ3v) is 4.66. The quantitative estimate of drug-likeness (QED) is 0.686. The van der Waals surface area contributed by atoms with E-state index in [0.717, 1.165) is 16.9 Å². The summed E-state index contributed by atoms with van der Waals surface area (Å²) in [5.41, 5.74) is 2.55. The van der Waals surface area contributed by atoms with Gasteiger partial charge in [0.15, 0.2) is 0 Å². The zero-order valence-corrected chi connectivity index (χ0v) is 15.7. The molecule has 0 atom stereocenters. The minimum Gasteiger partial charge on any atom is -0.497 e. The van der Waals surface area contributed by atoms with E-state index >= 15 is 0 Å². The van der Waals surface area contributed by atoms with Gasteiger partial charge in [-0.25, -0.2) is 4.98 Å². The second-order valence-electron chi connectivity index (χ2n) is 6.59. The molecule has 28 heavy (non-hydrogen) atoms. The summed E-state index contributed by atoms with van der Waals surface area (Å²) in [5.74, 6) is 1.68. The van der Waals surface area contributed by atoms with Crippen molar-refractivity contribution in [2.75, 3.05) is 20.3 Å². The van der Waals surface area contributed by atoms with Crippen LogP contribution in [0.25, 0.3) is 0 Å². The van der Waals surface area contributed by atoms with Crippen LogP contribution in [-0.2, 0) is 13.0 Å². The Morgan fingerprint density at radius 1 is 1.07 bits per heavy atom. The second-order valence-corrected chi connectivity index (χ2v) is 6.59. The predicted molar refractivity (Wildman–Crippen MR) is 105 cm³/mol. The summed E-state index contributed by atoms with van der Waals surface area (Å²) in [6, 6.07) is 17.7. The number of hydrogen-bond acceptors (Lipinski definition) is 5. The van der Waals surface area contributed by atoms with Crippen LogP contribution in [0.15, 0.2) is 60.8 Å². The van der Waals surface area contributed by atoms with Crippen LogP contribution in [0.2, 0.25) is 0 Å². The highest BCUT2D eigenvalue weighted by Gasteiger charge is 2.25. The van der Waals surface area contributed by atoms with Crippen molar-refractivity contribution < 1.29 is 14.3 Å². The van der Waals surface area contributed by atoms with Crippen LogP contribution < -0.4 is 9.47 Å². The van der Waals surface area contributed by atoms with E-state index in [1.807, 2.05) is 54.6 Å². The smallest absolute Gasteiger partial charge is 0.261 e. The summed E-state index contributed by atoms with van der Waals surface area (Å²) >= 11 is 0. The fraction of sp³-hybridized carbons (Fsp3) is 0.227. The molecule has 1 aliphatic heterocycles. The van der Waals surface area contributed by atoms with Crippen LogP contribution in [0.1, 0.15) is 27.3 Å². The lowest BCUT2D eigenvalue weighted by Crippen LogP contribution is -2.31. The van der Waals surface area contributed by atoms with Crippen molar-refractivity contribution in [3.05, 3.63) is 83.3 Å². The summed E-state index contributed by atoms with van der Waals surface area (Å²) in [7, 11) is 1.63. The summed E-state index contributed by atoms with van der Waals surface area (Å²) in [5, 5.41) is 0. The van der Waals surface area contributed by atoms with Gasteiger partial charge in [-0.3, -0.25) is 4.79 Å². The fourth-order valence-corrected chi connectivity index (χ4v) is 3.15. The Labute approximate surface area is 163 Å². The van der Waals surface area contributed by atoms with E-state index in [1.165, 1.54) is 0 Å². The van der Waals surface area contributed by atoms with Crippen LogP contribution in [-0.4, -0.2) is 41.0 Å². The zero-order valence-electron chi connectivity index (χ0n) is 15.7. The number of carbonyl (C=O) groups is 1. The number of benzene rings is 2. The molecule has 142 valence electrons. The van der Waals surface area contributed by atoms with E-state index in [2.05, 4.69) is 9.97 Å². The molecular weight excluding hydrogens is 354 g/mol. The molecule has 4 rings (SSSR count). The molecule has 0 fully saturated rings. The largest absolute Gasteiger partial charge is 0.497 e. The number of hydrogen-bond donors (Lipinski definition) is 0. The van der Waals surface area contributed by atoms with Gasteiger partial charge in [-0.1, -0.05) is 42.5 Å². The lowest BCUT2D eigenvalue weighted by Gasteiger charge is -2.19. The lowest BCUT2D eigenvalue weighted by molar-refractivity contribution is 0.0742. The molecule has 0 N–H and O–H groups in total. The van der Waals surface area contributed by atoms with Gasteiger partial charge in [-0.15, -0.1) is 0 Å². The van der Waals surface area contributed by atoms with Gasteiger partial charge in [0.1, 0.15) is 23.7 Å². The number of aromatic nitrogens is 2. The topological polar surface area (TPSA) is 64.6 Å². The van der Waals surface area contributed by atoms with E-state index in [9.17, 15) is 4.79 Å². The van der Waals surface area contributed by atoms with Crippen LogP contribution in [0.4, 0.5) is 0 Å². The van der Waals surface area contributed by atoms with E-state index in [0.29, 0.717) is 43.4 Å². The van der Waals surface area contributed by atoms with Gasteiger partial charge in [0.05, 0.1) is 13.7 Å². The number of methoxy groups -OCH3 is 1. The molecule has 1 aromatic heterocycles. The van der Waals surface area contributed by atoms with Gasteiger partial charge < -0.3 is 14.4 Å². The van der Waals surface area contributed by atoms with Gasteiger partial charge in [0.2, 0.25) is 5.88 Å². The molecule has 0 unspecified atom stereocenters. The molecule has 0 saturated carbocycles. The summed E-state index contributed by atoms with van der Waals surface area (Å²) in [6.07, 6.45) is 2.18. The van der Waals surface area contributed by atoms with Gasteiger partial charge in [-0.05, 0) is 23.3 Å². The minimum atomic E-state index is -0.116. The molecule has 3 aromatic rings. The van der Waals surface area contributed by atoms with Crippen molar-refractivity contribution >= 4 is 5.91 Å². The average molecular weight is 375 g/mol. The van der Waals surface area contributed by atoms with Crippen molar-refractivity contribution in [1.29, 1.82) is 0 Å². The Morgan fingerprint density at radius 2 is 1.86 bits per heavy atom. The maximum Gasteiger partial charge on any atom is 0.261 e. The Kier molecular flexibility index (Phi) is 5.19. The SMILES string of the molecule is COc1ccc(CN2CCOc3nc(Cc4ccccc4)ncc3C2=O)cc1. The molecule has 2 aromatic carbocycles. The van der Waals surface area contributed by atoms with Crippen molar-refractivity contribution in [2.45, 2.75) is 13.0 Å². The number of fused-ring (bicyclic) bond motifs is 1. The van der Waals surface area contributed by atoms with Gasteiger partial charge in [0, 0.05) is 19.2 Å². The Balaban J connectivity index is 1.52. The fourth-order valence-electron chi connectivity index (χ4n) is 3.15. The zero-order chi connectivity index (χ0) is 19.3. The van der Waals surface area contributed by atoms with E-state index in [1.54, 1.807) is 18.2 Å². The van der Waals surface area contributed by atoms with Crippen LogP contribution in [0.5, 0.6) is 11.6 Å². The Morgan fingerprint density at radius 3 is 2.61 bits per heavy atom. The molecule has 1 amide bonds. The monoisotopic (exact) mass is 375 g/mol. The molecule has 6 nitrogen and oxygen atoms in total.